The summed E-state index contributed by atoms with van der Waals surface area (Å²) in [4.78, 5) is 16.6. The molecule has 0 aromatic heterocycles. The van der Waals surface area contributed by atoms with E-state index in [1.54, 1.807) is 29.2 Å². The van der Waals surface area contributed by atoms with E-state index in [-0.39, 0.29) is 30.9 Å². The minimum absolute atomic E-state index is 0. The fourth-order valence-corrected chi connectivity index (χ4v) is 3.23. The number of carbonyl (C=O) groups excluding carboxylic acids is 1. The van der Waals surface area contributed by atoms with Gasteiger partial charge in [0.05, 0.1) is 5.56 Å². The number of hydrogen-bond acceptors (Lipinski definition) is 5. The summed E-state index contributed by atoms with van der Waals surface area (Å²) in [7, 11) is 0. The Morgan fingerprint density at radius 2 is 1.73 bits per heavy atom. The van der Waals surface area contributed by atoms with Crippen molar-refractivity contribution in [2.75, 3.05) is 33.0 Å². The van der Waals surface area contributed by atoms with Gasteiger partial charge in [-0.3, -0.25) is 9.69 Å². The number of hydrogen-bond donors (Lipinski definition) is 1. The summed E-state index contributed by atoms with van der Waals surface area (Å²) in [5.74, 6) is 1.52. The van der Waals surface area contributed by atoms with E-state index < -0.39 is 0 Å². The lowest BCUT2D eigenvalue weighted by Crippen LogP contribution is -2.48. The molecule has 2 aliphatic rings. The molecule has 0 bridgehead atoms. The van der Waals surface area contributed by atoms with Gasteiger partial charge in [-0.2, -0.15) is 0 Å². The van der Waals surface area contributed by atoms with Gasteiger partial charge in [-0.1, -0.05) is 18.2 Å². The average Bonchev–Trinajstić information content (AvgIpc) is 3.10. The van der Waals surface area contributed by atoms with Crippen molar-refractivity contribution in [3.63, 3.8) is 0 Å². The molecule has 2 aromatic carbocycles. The Kier molecular flexibility index (Phi) is 5.54. The van der Waals surface area contributed by atoms with Crippen molar-refractivity contribution in [2.45, 2.75) is 6.54 Å². The predicted octanol–water partition coefficient (Wildman–Crippen LogP) is 2.50. The second kappa shape index (κ2) is 7.85. The topological polar surface area (TPSA) is 62.2 Å². The first-order valence-electron chi connectivity index (χ1n) is 8.39. The predicted molar refractivity (Wildman–Crippen MR) is 99.1 cm³/mol. The molecular weight excluding hydrogens is 356 g/mol. The summed E-state index contributed by atoms with van der Waals surface area (Å²) >= 11 is 0. The molecular formula is C19H21ClN2O4. The number of nitrogens with zero attached hydrogens (tertiary/aromatic N) is 2. The molecule has 2 aromatic rings. The van der Waals surface area contributed by atoms with Crippen molar-refractivity contribution in [3.05, 3.63) is 53.6 Å². The van der Waals surface area contributed by atoms with Crippen LogP contribution in [-0.4, -0.2) is 53.8 Å². The van der Waals surface area contributed by atoms with E-state index >= 15 is 0 Å². The van der Waals surface area contributed by atoms with Gasteiger partial charge in [0.1, 0.15) is 5.75 Å². The Morgan fingerprint density at radius 1 is 1.00 bits per heavy atom. The summed E-state index contributed by atoms with van der Waals surface area (Å²) in [6.07, 6.45) is 0. The van der Waals surface area contributed by atoms with Crippen LogP contribution < -0.4 is 9.47 Å². The molecule has 0 atom stereocenters. The van der Waals surface area contributed by atoms with Crippen molar-refractivity contribution in [2.24, 2.45) is 0 Å². The third kappa shape index (κ3) is 3.71. The zero-order valence-corrected chi connectivity index (χ0v) is 15.1. The molecule has 0 radical (unpaired) electrons. The lowest BCUT2D eigenvalue weighted by atomic mass is 10.1. The quantitative estimate of drug-likeness (QED) is 0.891. The minimum Gasteiger partial charge on any atom is -0.507 e. The molecule has 0 spiro atoms. The number of piperazine rings is 1. The van der Waals surface area contributed by atoms with Gasteiger partial charge in [0, 0.05) is 32.7 Å². The second-order valence-electron chi connectivity index (χ2n) is 6.27. The third-order valence-corrected chi connectivity index (χ3v) is 4.64. The largest absolute Gasteiger partial charge is 0.507 e. The number of rotatable bonds is 3. The first kappa shape index (κ1) is 18.4. The molecule has 1 amide bonds. The summed E-state index contributed by atoms with van der Waals surface area (Å²) in [5.41, 5.74) is 1.54. The van der Waals surface area contributed by atoms with Crippen molar-refractivity contribution < 1.29 is 19.4 Å². The van der Waals surface area contributed by atoms with Gasteiger partial charge in [-0.15, -0.1) is 12.4 Å². The molecule has 1 N–H and O–H groups in total. The maximum absolute atomic E-state index is 12.5. The van der Waals surface area contributed by atoms with E-state index in [0.29, 0.717) is 18.7 Å². The molecule has 1 saturated heterocycles. The Labute approximate surface area is 158 Å². The summed E-state index contributed by atoms with van der Waals surface area (Å²) in [5, 5.41) is 9.86. The number of fused-ring (bicyclic) bond motifs is 1. The zero-order chi connectivity index (χ0) is 17.2. The van der Waals surface area contributed by atoms with Crippen molar-refractivity contribution in [3.8, 4) is 17.2 Å². The molecule has 2 heterocycles. The van der Waals surface area contributed by atoms with Gasteiger partial charge in [0.25, 0.3) is 5.91 Å². The highest BCUT2D eigenvalue weighted by Gasteiger charge is 2.24. The van der Waals surface area contributed by atoms with Crippen LogP contribution in [0.3, 0.4) is 0 Å². The van der Waals surface area contributed by atoms with E-state index in [1.165, 1.54) is 5.56 Å². The van der Waals surface area contributed by atoms with Crippen LogP contribution in [0.25, 0.3) is 0 Å². The van der Waals surface area contributed by atoms with Gasteiger partial charge in [-0.05, 0) is 29.8 Å². The first-order valence-corrected chi connectivity index (χ1v) is 8.39. The van der Waals surface area contributed by atoms with Crippen molar-refractivity contribution in [1.29, 1.82) is 0 Å². The van der Waals surface area contributed by atoms with E-state index in [0.717, 1.165) is 31.1 Å². The minimum atomic E-state index is -0.110. The fourth-order valence-electron chi connectivity index (χ4n) is 3.23. The Morgan fingerprint density at radius 3 is 2.50 bits per heavy atom. The Hall–Kier alpha value is -2.44. The third-order valence-electron chi connectivity index (χ3n) is 4.64. The molecule has 26 heavy (non-hydrogen) atoms. The molecule has 4 rings (SSSR count). The highest BCUT2D eigenvalue weighted by atomic mass is 35.5. The lowest BCUT2D eigenvalue weighted by Gasteiger charge is -2.34. The number of phenolic OH excluding ortho intramolecular Hbond substituents is 1. The number of halogens is 1. The average molecular weight is 377 g/mol. The van der Waals surface area contributed by atoms with Gasteiger partial charge < -0.3 is 19.5 Å². The molecule has 7 heteroatoms. The monoisotopic (exact) mass is 376 g/mol. The van der Waals surface area contributed by atoms with Crippen LogP contribution in [0.4, 0.5) is 0 Å². The van der Waals surface area contributed by atoms with E-state index in [4.69, 9.17) is 9.47 Å². The number of benzene rings is 2. The Balaban J connectivity index is 0.00000196. The fraction of sp³-hybridized carbons (Fsp3) is 0.316. The van der Waals surface area contributed by atoms with Crippen molar-refractivity contribution >= 4 is 18.3 Å². The van der Waals surface area contributed by atoms with Crippen LogP contribution in [0.1, 0.15) is 15.9 Å². The summed E-state index contributed by atoms with van der Waals surface area (Å²) in [6, 6.07) is 12.7. The summed E-state index contributed by atoms with van der Waals surface area (Å²) < 4.78 is 10.8. The standard InChI is InChI=1S/C19H20N2O4.ClH/c22-16-4-2-1-3-15(16)19(23)21-9-7-20(8-10-21)12-14-5-6-17-18(11-14)25-13-24-17;/h1-6,11,22H,7-10,12-13H2;1H. The van der Waals surface area contributed by atoms with Crippen molar-refractivity contribution in [1.82, 2.24) is 9.80 Å². The molecule has 6 nitrogen and oxygen atoms in total. The van der Waals surface area contributed by atoms with Crippen LogP contribution in [0.2, 0.25) is 0 Å². The van der Waals surface area contributed by atoms with Gasteiger partial charge in [0.15, 0.2) is 11.5 Å². The molecule has 0 unspecified atom stereocenters. The van der Waals surface area contributed by atoms with E-state index in [9.17, 15) is 9.90 Å². The molecule has 2 aliphatic heterocycles. The SMILES string of the molecule is Cl.O=C(c1ccccc1O)N1CCN(Cc2ccc3c(c2)OCO3)CC1. The van der Waals surface area contributed by atoms with Gasteiger partial charge in [-0.25, -0.2) is 0 Å². The molecule has 1 fully saturated rings. The maximum Gasteiger partial charge on any atom is 0.257 e. The van der Waals surface area contributed by atoms with Gasteiger partial charge in [0.2, 0.25) is 6.79 Å². The highest BCUT2D eigenvalue weighted by Crippen LogP contribution is 2.32. The Bertz CT molecular complexity index is 791. The van der Waals surface area contributed by atoms with Crippen LogP contribution in [0.5, 0.6) is 17.2 Å². The zero-order valence-electron chi connectivity index (χ0n) is 14.3. The number of para-hydroxylation sites is 1. The molecule has 0 aliphatic carbocycles. The van der Waals surface area contributed by atoms with Crippen LogP contribution in [0, 0.1) is 0 Å². The number of ether oxygens (including phenoxy) is 2. The number of amides is 1. The molecule has 0 saturated carbocycles. The van der Waals surface area contributed by atoms with Gasteiger partial charge >= 0.3 is 0 Å². The van der Waals surface area contributed by atoms with Crippen LogP contribution in [-0.2, 0) is 6.54 Å². The summed E-state index contributed by atoms with van der Waals surface area (Å²) in [6.45, 7) is 4.00. The van der Waals surface area contributed by atoms with E-state index in [2.05, 4.69) is 4.90 Å². The van der Waals surface area contributed by atoms with Crippen LogP contribution >= 0.6 is 12.4 Å². The van der Waals surface area contributed by atoms with E-state index in [1.807, 2.05) is 18.2 Å². The lowest BCUT2D eigenvalue weighted by molar-refractivity contribution is 0.0625. The second-order valence-corrected chi connectivity index (χ2v) is 6.27. The normalized spacial score (nSPS) is 16.2. The highest BCUT2D eigenvalue weighted by molar-refractivity contribution is 5.96. The smallest absolute Gasteiger partial charge is 0.257 e. The first-order chi connectivity index (χ1) is 12.2. The molecule has 138 valence electrons. The number of aromatic hydroxyl groups is 1. The maximum atomic E-state index is 12.5. The van der Waals surface area contributed by atoms with Crippen LogP contribution in [0.15, 0.2) is 42.5 Å². The number of carbonyl (C=O) groups is 1. The number of phenols is 1.